The highest BCUT2D eigenvalue weighted by molar-refractivity contribution is 7.89. The van der Waals surface area contributed by atoms with Gasteiger partial charge in [-0.2, -0.15) is 0 Å². The Balaban J connectivity index is 1.69. The first-order valence-corrected chi connectivity index (χ1v) is 10.1. The number of pyridine rings is 1. The molecule has 134 valence electrons. The van der Waals surface area contributed by atoms with Crippen LogP contribution in [0.4, 0.5) is 4.79 Å². The van der Waals surface area contributed by atoms with Crippen LogP contribution >= 0.6 is 0 Å². The van der Waals surface area contributed by atoms with Gasteiger partial charge < -0.3 is 10.2 Å². The van der Waals surface area contributed by atoms with E-state index < -0.39 is 10.0 Å². The summed E-state index contributed by atoms with van der Waals surface area (Å²) in [7, 11) is -3.19. The van der Waals surface area contributed by atoms with Crippen molar-refractivity contribution < 1.29 is 13.2 Å². The molecule has 0 aromatic carbocycles. The molecule has 1 fully saturated rings. The van der Waals surface area contributed by atoms with Crippen molar-refractivity contribution in [2.24, 2.45) is 0 Å². The SMILES string of the molecule is CCCS(=O)(=O)NC1CCN(C(=O)NCCc2cccnc2)CC1. The molecule has 0 bridgehead atoms. The molecule has 1 saturated heterocycles. The third kappa shape index (κ3) is 6.09. The van der Waals surface area contributed by atoms with E-state index in [-0.39, 0.29) is 17.8 Å². The van der Waals surface area contributed by atoms with Crippen LogP contribution in [0.5, 0.6) is 0 Å². The Bertz CT molecular complexity index is 613. The molecule has 2 amide bonds. The maximum atomic E-state index is 12.1. The minimum atomic E-state index is -3.19. The van der Waals surface area contributed by atoms with E-state index in [4.69, 9.17) is 0 Å². The van der Waals surface area contributed by atoms with Crippen LogP contribution < -0.4 is 10.0 Å². The molecule has 1 aromatic heterocycles. The number of nitrogens with one attached hydrogen (secondary N) is 2. The molecule has 2 N–H and O–H groups in total. The van der Waals surface area contributed by atoms with E-state index in [2.05, 4.69) is 15.0 Å². The molecule has 1 aromatic rings. The van der Waals surface area contributed by atoms with Gasteiger partial charge in [-0.25, -0.2) is 17.9 Å². The zero-order valence-electron chi connectivity index (χ0n) is 14.1. The average Bonchev–Trinajstić information content (AvgIpc) is 2.56. The van der Waals surface area contributed by atoms with E-state index in [1.807, 2.05) is 19.1 Å². The molecule has 1 aliphatic heterocycles. The predicted molar refractivity (Wildman–Crippen MR) is 93.1 cm³/mol. The normalized spacial score (nSPS) is 16.1. The number of sulfonamides is 1. The van der Waals surface area contributed by atoms with E-state index in [1.54, 1.807) is 17.3 Å². The number of rotatable bonds is 7. The Morgan fingerprint density at radius 2 is 2.12 bits per heavy atom. The molecule has 0 unspecified atom stereocenters. The smallest absolute Gasteiger partial charge is 0.317 e. The van der Waals surface area contributed by atoms with E-state index in [1.165, 1.54) is 0 Å². The number of piperidine rings is 1. The quantitative estimate of drug-likeness (QED) is 0.768. The largest absolute Gasteiger partial charge is 0.338 e. The van der Waals surface area contributed by atoms with Crippen LogP contribution in [0.25, 0.3) is 0 Å². The molecular weight excluding hydrogens is 328 g/mol. The number of aromatic nitrogens is 1. The first-order valence-electron chi connectivity index (χ1n) is 8.42. The zero-order valence-corrected chi connectivity index (χ0v) is 14.9. The van der Waals surface area contributed by atoms with Crippen LogP contribution in [0.15, 0.2) is 24.5 Å². The van der Waals surface area contributed by atoms with Gasteiger partial charge in [0.15, 0.2) is 0 Å². The molecule has 1 aliphatic rings. The first kappa shape index (κ1) is 18.7. The van der Waals surface area contributed by atoms with Gasteiger partial charge in [0, 0.05) is 38.1 Å². The lowest BCUT2D eigenvalue weighted by Gasteiger charge is -2.32. The summed E-state index contributed by atoms with van der Waals surface area (Å²) in [6.45, 7) is 3.54. The lowest BCUT2D eigenvalue weighted by molar-refractivity contribution is 0.180. The van der Waals surface area contributed by atoms with Crippen LogP contribution in [0.2, 0.25) is 0 Å². The van der Waals surface area contributed by atoms with Gasteiger partial charge in [-0.3, -0.25) is 4.98 Å². The molecule has 7 nitrogen and oxygen atoms in total. The average molecular weight is 354 g/mol. The number of carbonyl (C=O) groups is 1. The van der Waals surface area contributed by atoms with Crippen molar-refractivity contribution >= 4 is 16.1 Å². The summed E-state index contributed by atoms with van der Waals surface area (Å²) in [5.41, 5.74) is 1.09. The highest BCUT2D eigenvalue weighted by Gasteiger charge is 2.25. The Kier molecular flexibility index (Phi) is 6.99. The molecule has 0 saturated carbocycles. The highest BCUT2D eigenvalue weighted by Crippen LogP contribution is 2.11. The van der Waals surface area contributed by atoms with Crippen LogP contribution in [0, 0.1) is 0 Å². The molecule has 24 heavy (non-hydrogen) atoms. The van der Waals surface area contributed by atoms with Crippen molar-refractivity contribution in [2.45, 2.75) is 38.6 Å². The summed E-state index contributed by atoms with van der Waals surface area (Å²) < 4.78 is 26.3. The fraction of sp³-hybridized carbons (Fsp3) is 0.625. The van der Waals surface area contributed by atoms with Crippen molar-refractivity contribution in [3.05, 3.63) is 30.1 Å². The zero-order chi connectivity index (χ0) is 17.4. The molecule has 2 rings (SSSR count). The summed E-state index contributed by atoms with van der Waals surface area (Å²) >= 11 is 0. The van der Waals surface area contributed by atoms with Crippen molar-refractivity contribution in [1.82, 2.24) is 19.9 Å². The number of carbonyl (C=O) groups excluding carboxylic acids is 1. The Morgan fingerprint density at radius 3 is 2.75 bits per heavy atom. The minimum Gasteiger partial charge on any atom is -0.338 e. The summed E-state index contributed by atoms with van der Waals surface area (Å²) in [6.07, 6.45) is 6.17. The van der Waals surface area contributed by atoms with Gasteiger partial charge in [-0.05, 0) is 37.3 Å². The summed E-state index contributed by atoms with van der Waals surface area (Å²) in [5.74, 6) is 0.155. The molecule has 2 heterocycles. The number of hydrogen-bond acceptors (Lipinski definition) is 4. The van der Waals surface area contributed by atoms with Gasteiger partial charge >= 0.3 is 6.03 Å². The molecule has 0 spiro atoms. The molecule has 8 heteroatoms. The van der Waals surface area contributed by atoms with E-state index in [0.717, 1.165) is 12.0 Å². The van der Waals surface area contributed by atoms with Crippen molar-refractivity contribution in [2.75, 3.05) is 25.4 Å². The van der Waals surface area contributed by atoms with Gasteiger partial charge in [0.1, 0.15) is 0 Å². The third-order valence-electron chi connectivity index (χ3n) is 4.01. The Labute approximate surface area is 143 Å². The maximum Gasteiger partial charge on any atom is 0.317 e. The number of urea groups is 1. The molecular formula is C16H26N4O3S. The molecule has 0 atom stereocenters. The van der Waals surface area contributed by atoms with Crippen molar-refractivity contribution in [1.29, 1.82) is 0 Å². The highest BCUT2D eigenvalue weighted by atomic mass is 32.2. The van der Waals surface area contributed by atoms with E-state index in [9.17, 15) is 13.2 Å². The summed E-state index contributed by atoms with van der Waals surface area (Å²) in [4.78, 5) is 17.9. The van der Waals surface area contributed by atoms with Gasteiger partial charge in [0.25, 0.3) is 0 Å². The van der Waals surface area contributed by atoms with E-state index in [0.29, 0.717) is 38.9 Å². The summed E-state index contributed by atoms with van der Waals surface area (Å²) in [5, 5.41) is 2.90. The van der Waals surface area contributed by atoms with Gasteiger partial charge in [-0.1, -0.05) is 13.0 Å². The van der Waals surface area contributed by atoms with Crippen LogP contribution in [-0.2, 0) is 16.4 Å². The van der Waals surface area contributed by atoms with Gasteiger partial charge in [-0.15, -0.1) is 0 Å². The number of amides is 2. The number of nitrogens with zero attached hydrogens (tertiary/aromatic N) is 2. The summed E-state index contributed by atoms with van der Waals surface area (Å²) in [6, 6.07) is 3.70. The van der Waals surface area contributed by atoms with Crippen LogP contribution in [0.3, 0.4) is 0 Å². The van der Waals surface area contributed by atoms with Crippen LogP contribution in [-0.4, -0.2) is 55.8 Å². The van der Waals surface area contributed by atoms with Gasteiger partial charge in [0.05, 0.1) is 5.75 Å². The standard InChI is InChI=1S/C16H26N4O3S/c1-2-12-24(22,23)19-15-6-10-20(11-7-15)16(21)18-9-5-14-4-3-8-17-13-14/h3-4,8,13,15,19H,2,5-7,9-12H2,1H3,(H,18,21). The fourth-order valence-electron chi connectivity index (χ4n) is 2.75. The molecule has 0 radical (unpaired) electrons. The lowest BCUT2D eigenvalue weighted by Crippen LogP contribution is -2.49. The maximum absolute atomic E-state index is 12.1. The van der Waals surface area contributed by atoms with Gasteiger partial charge in [0.2, 0.25) is 10.0 Å². The Hall–Kier alpha value is -1.67. The fourth-order valence-corrected chi connectivity index (χ4v) is 4.15. The lowest BCUT2D eigenvalue weighted by atomic mass is 10.1. The minimum absolute atomic E-state index is 0.0685. The van der Waals surface area contributed by atoms with E-state index >= 15 is 0 Å². The number of likely N-dealkylation sites (tertiary alicyclic amines) is 1. The van der Waals surface area contributed by atoms with Crippen molar-refractivity contribution in [3.63, 3.8) is 0 Å². The third-order valence-corrected chi connectivity index (χ3v) is 5.65. The van der Waals surface area contributed by atoms with Crippen LogP contribution in [0.1, 0.15) is 31.7 Å². The predicted octanol–water partition coefficient (Wildman–Crippen LogP) is 1.13. The topological polar surface area (TPSA) is 91.4 Å². The Morgan fingerprint density at radius 1 is 1.38 bits per heavy atom. The second kappa shape index (κ2) is 8.98. The second-order valence-corrected chi connectivity index (χ2v) is 7.91. The van der Waals surface area contributed by atoms with Crippen molar-refractivity contribution in [3.8, 4) is 0 Å². The molecule has 0 aliphatic carbocycles. The number of hydrogen-bond donors (Lipinski definition) is 2. The second-order valence-electron chi connectivity index (χ2n) is 6.04. The monoisotopic (exact) mass is 354 g/mol. The first-order chi connectivity index (χ1) is 11.5.